The maximum atomic E-state index is 6.08. The lowest BCUT2D eigenvalue weighted by Gasteiger charge is -2.19. The van der Waals surface area contributed by atoms with Gasteiger partial charge in [0.15, 0.2) is 0 Å². The van der Waals surface area contributed by atoms with Crippen molar-refractivity contribution < 1.29 is 4.74 Å². The lowest BCUT2D eigenvalue weighted by molar-refractivity contribution is 0.481. The van der Waals surface area contributed by atoms with Crippen LogP contribution in [0.2, 0.25) is 0 Å². The summed E-state index contributed by atoms with van der Waals surface area (Å²) in [5.41, 5.74) is 2.44. The fraction of sp³-hybridized carbons (Fsp3) is 0.440. The molecule has 1 heterocycles. The number of hydrogen-bond acceptors (Lipinski definition) is 5. The Hall–Kier alpha value is -2.40. The summed E-state index contributed by atoms with van der Waals surface area (Å²) in [6.07, 6.45) is 4.92. The first-order valence-corrected chi connectivity index (χ1v) is 11.7. The van der Waals surface area contributed by atoms with Crippen LogP contribution in [0.4, 0.5) is 5.13 Å². The number of aromatic nitrogens is 2. The molecule has 0 fully saturated rings. The number of unbranched alkanes of at least 4 members (excludes halogenated alkanes) is 2. The summed E-state index contributed by atoms with van der Waals surface area (Å²) in [6, 6.07) is 16.8. The van der Waals surface area contributed by atoms with Gasteiger partial charge in [0.1, 0.15) is 16.5 Å². The summed E-state index contributed by atoms with van der Waals surface area (Å²) in [5, 5.41) is 13.9. The van der Waals surface area contributed by atoms with Gasteiger partial charge in [-0.2, -0.15) is 0 Å². The van der Waals surface area contributed by atoms with Gasteiger partial charge < -0.3 is 10.1 Å². The van der Waals surface area contributed by atoms with E-state index < -0.39 is 0 Å². The van der Waals surface area contributed by atoms with Gasteiger partial charge in [-0.15, -0.1) is 10.2 Å². The van der Waals surface area contributed by atoms with Crippen LogP contribution >= 0.6 is 11.3 Å². The van der Waals surface area contributed by atoms with Crippen LogP contribution < -0.4 is 10.1 Å². The van der Waals surface area contributed by atoms with E-state index in [0.717, 1.165) is 33.6 Å². The summed E-state index contributed by atoms with van der Waals surface area (Å²) >= 11 is 1.58. The summed E-state index contributed by atoms with van der Waals surface area (Å²) in [5.74, 6) is 1.63. The van der Waals surface area contributed by atoms with E-state index in [4.69, 9.17) is 4.74 Å². The van der Waals surface area contributed by atoms with Crippen molar-refractivity contribution in [2.75, 3.05) is 5.32 Å². The molecule has 0 radical (unpaired) electrons. The largest absolute Gasteiger partial charge is 0.457 e. The zero-order valence-corrected chi connectivity index (χ0v) is 19.6. The van der Waals surface area contributed by atoms with E-state index in [9.17, 15) is 0 Å². The molecule has 5 heteroatoms. The quantitative estimate of drug-likeness (QED) is 0.359. The number of rotatable bonds is 9. The summed E-state index contributed by atoms with van der Waals surface area (Å²) in [6.45, 7) is 11.1. The minimum atomic E-state index is 0.134. The topological polar surface area (TPSA) is 47.0 Å². The highest BCUT2D eigenvalue weighted by molar-refractivity contribution is 7.18. The van der Waals surface area contributed by atoms with Crippen molar-refractivity contribution in [2.24, 2.45) is 0 Å². The molecule has 0 saturated carbocycles. The second-order valence-electron chi connectivity index (χ2n) is 8.86. The van der Waals surface area contributed by atoms with Gasteiger partial charge in [0.25, 0.3) is 0 Å². The number of hydrogen-bond donors (Lipinski definition) is 1. The van der Waals surface area contributed by atoms with Crippen LogP contribution in [0.25, 0.3) is 10.6 Å². The molecule has 3 aromatic rings. The highest BCUT2D eigenvalue weighted by Crippen LogP contribution is 2.32. The third-order valence-corrected chi connectivity index (χ3v) is 5.98. The van der Waals surface area contributed by atoms with Crippen LogP contribution in [-0.4, -0.2) is 16.2 Å². The smallest absolute Gasteiger partial charge is 0.206 e. The normalized spacial score (nSPS) is 12.6. The molecule has 30 heavy (non-hydrogen) atoms. The first-order valence-electron chi connectivity index (χ1n) is 10.8. The Morgan fingerprint density at radius 3 is 2.47 bits per heavy atom. The Labute approximate surface area is 184 Å². The molecule has 0 aliphatic heterocycles. The Balaban J connectivity index is 1.65. The number of nitrogens with zero attached hydrogens (tertiary/aromatic N) is 2. The van der Waals surface area contributed by atoms with Crippen molar-refractivity contribution in [2.45, 2.75) is 71.8 Å². The molecule has 1 N–H and O–H groups in total. The van der Waals surface area contributed by atoms with Crippen molar-refractivity contribution in [3.63, 3.8) is 0 Å². The zero-order valence-electron chi connectivity index (χ0n) is 18.7. The summed E-state index contributed by atoms with van der Waals surface area (Å²) in [7, 11) is 0. The lowest BCUT2D eigenvalue weighted by atomic mass is 9.87. The van der Waals surface area contributed by atoms with Crippen molar-refractivity contribution in [3.8, 4) is 22.1 Å². The predicted octanol–water partition coefficient (Wildman–Crippen LogP) is 7.68. The maximum absolute atomic E-state index is 6.08. The van der Waals surface area contributed by atoms with Gasteiger partial charge in [-0.3, -0.25) is 0 Å². The predicted molar refractivity (Wildman–Crippen MR) is 128 cm³/mol. The fourth-order valence-electron chi connectivity index (χ4n) is 3.23. The summed E-state index contributed by atoms with van der Waals surface area (Å²) in [4.78, 5) is 0. The van der Waals surface area contributed by atoms with Crippen LogP contribution in [0.1, 0.15) is 65.9 Å². The van der Waals surface area contributed by atoms with Gasteiger partial charge in [0.05, 0.1) is 0 Å². The highest BCUT2D eigenvalue weighted by Gasteiger charge is 2.14. The van der Waals surface area contributed by atoms with Gasteiger partial charge >= 0.3 is 0 Å². The number of ether oxygens (including phenoxy) is 1. The van der Waals surface area contributed by atoms with E-state index in [2.05, 4.69) is 62.3 Å². The molecule has 4 nitrogen and oxygen atoms in total. The van der Waals surface area contributed by atoms with Gasteiger partial charge in [-0.05, 0) is 48.6 Å². The summed E-state index contributed by atoms with van der Waals surface area (Å²) < 4.78 is 6.08. The van der Waals surface area contributed by atoms with Gasteiger partial charge in [0, 0.05) is 11.6 Å². The van der Waals surface area contributed by atoms with E-state index in [-0.39, 0.29) is 5.41 Å². The van der Waals surface area contributed by atoms with Crippen molar-refractivity contribution in [1.29, 1.82) is 0 Å². The molecule has 0 bridgehead atoms. The molecular weight excluding hydrogens is 390 g/mol. The van der Waals surface area contributed by atoms with Gasteiger partial charge in [-0.25, -0.2) is 0 Å². The van der Waals surface area contributed by atoms with Crippen LogP contribution in [0.15, 0.2) is 48.5 Å². The monoisotopic (exact) mass is 423 g/mol. The zero-order chi connectivity index (χ0) is 21.6. The standard InChI is InChI=1S/C25H33N3OS/c1-6-7-8-10-18(2)26-24-28-27-23(30-24)19-11-9-12-22(17-19)29-21-15-13-20(14-16-21)25(3,4)5/h9,11-18H,6-8,10H2,1-5H3,(H,26,28). The first kappa shape index (κ1) is 22.3. The molecule has 0 saturated heterocycles. The van der Waals surface area contributed by atoms with Crippen LogP contribution in [-0.2, 0) is 5.41 Å². The van der Waals surface area contributed by atoms with Crippen molar-refractivity contribution in [3.05, 3.63) is 54.1 Å². The van der Waals surface area contributed by atoms with Gasteiger partial charge in [0.2, 0.25) is 5.13 Å². The first-order chi connectivity index (χ1) is 14.3. The number of benzene rings is 2. The van der Waals surface area contributed by atoms with Crippen LogP contribution in [0, 0.1) is 0 Å². The second kappa shape index (κ2) is 10.1. The molecule has 1 atom stereocenters. The van der Waals surface area contributed by atoms with E-state index in [1.165, 1.54) is 24.8 Å². The molecule has 0 aliphatic rings. The SMILES string of the molecule is CCCCCC(C)Nc1nnc(-c2cccc(Oc3ccc(C(C)(C)C)cc3)c2)s1. The van der Waals surface area contributed by atoms with Crippen molar-refractivity contribution in [1.82, 2.24) is 10.2 Å². The van der Waals surface area contributed by atoms with Crippen molar-refractivity contribution >= 4 is 16.5 Å². The van der Waals surface area contributed by atoms with E-state index >= 15 is 0 Å². The molecule has 0 spiro atoms. The average Bonchev–Trinajstić information content (AvgIpc) is 3.16. The molecule has 160 valence electrons. The lowest BCUT2D eigenvalue weighted by Crippen LogP contribution is -2.14. The Kier molecular flexibility index (Phi) is 7.48. The third kappa shape index (κ3) is 6.30. The third-order valence-electron chi connectivity index (χ3n) is 5.07. The maximum Gasteiger partial charge on any atom is 0.206 e. The van der Waals surface area contributed by atoms with E-state index in [1.807, 2.05) is 36.4 Å². The second-order valence-corrected chi connectivity index (χ2v) is 9.84. The van der Waals surface area contributed by atoms with E-state index in [1.54, 1.807) is 11.3 Å². The average molecular weight is 424 g/mol. The molecular formula is C25H33N3OS. The van der Waals surface area contributed by atoms with E-state index in [0.29, 0.717) is 6.04 Å². The molecule has 0 amide bonds. The van der Waals surface area contributed by atoms with Gasteiger partial charge in [-0.1, -0.05) is 82.6 Å². The molecule has 0 aliphatic carbocycles. The molecule has 2 aromatic carbocycles. The number of nitrogens with one attached hydrogen (secondary N) is 1. The Morgan fingerprint density at radius 2 is 1.77 bits per heavy atom. The molecule has 1 aromatic heterocycles. The Morgan fingerprint density at radius 1 is 1.00 bits per heavy atom. The fourth-order valence-corrected chi connectivity index (χ4v) is 4.08. The Bertz CT molecular complexity index is 928. The van der Waals surface area contributed by atoms with Crippen LogP contribution in [0.3, 0.4) is 0 Å². The highest BCUT2D eigenvalue weighted by atomic mass is 32.1. The molecule has 3 rings (SSSR count). The van der Waals surface area contributed by atoms with Crippen LogP contribution in [0.5, 0.6) is 11.5 Å². The molecule has 1 unspecified atom stereocenters. The minimum Gasteiger partial charge on any atom is -0.457 e. The minimum absolute atomic E-state index is 0.134. The number of anilines is 1.